The highest BCUT2D eigenvalue weighted by Gasteiger charge is 2.38. The Labute approximate surface area is 368 Å². The molecule has 0 bridgehead atoms. The molecule has 63 heavy (non-hydrogen) atoms. The fourth-order valence-corrected chi connectivity index (χ4v) is 10.5. The Morgan fingerprint density at radius 3 is 1.86 bits per heavy atom. The first-order valence-corrected chi connectivity index (χ1v) is 21.9. The summed E-state index contributed by atoms with van der Waals surface area (Å²) in [6.45, 7) is 7.13. The lowest BCUT2D eigenvalue weighted by molar-refractivity contribution is 0.661. The number of rotatable bonds is 6. The lowest BCUT2D eigenvalue weighted by Gasteiger charge is -2.28. The third-order valence-corrected chi connectivity index (χ3v) is 13.8. The predicted molar refractivity (Wildman–Crippen MR) is 260 cm³/mol. The van der Waals surface area contributed by atoms with Crippen LogP contribution in [0.2, 0.25) is 0 Å². The highest BCUT2D eigenvalue weighted by molar-refractivity contribution is 6.12. The van der Waals surface area contributed by atoms with Gasteiger partial charge in [0.25, 0.3) is 0 Å². The molecule has 12 rings (SSSR count). The van der Waals surface area contributed by atoms with E-state index >= 15 is 0 Å². The zero-order valence-corrected chi connectivity index (χ0v) is 35.5. The van der Waals surface area contributed by atoms with Crippen LogP contribution in [0, 0.1) is 0 Å². The molecular formula is C59H44N4. The Morgan fingerprint density at radius 2 is 1.13 bits per heavy atom. The number of allylic oxidation sites excluding steroid dienone is 8. The molecule has 0 radical (unpaired) electrons. The van der Waals surface area contributed by atoms with E-state index in [0.717, 1.165) is 28.7 Å². The molecule has 3 aliphatic rings. The van der Waals surface area contributed by atoms with Crippen molar-refractivity contribution in [1.82, 2.24) is 19.5 Å². The maximum Gasteiger partial charge on any atom is 0.164 e. The lowest BCUT2D eigenvalue weighted by atomic mass is 9.75. The van der Waals surface area contributed by atoms with Crippen LogP contribution in [0.5, 0.6) is 0 Å². The molecule has 4 nitrogen and oxygen atoms in total. The minimum absolute atomic E-state index is 0.0898. The standard InChI is InChI=1S/C59H44N4/c1-58(2)50-29-14-13-26-46(50)47-36-49-48-35-42(31-32-53(48)63(54(49)37-52(47)58)43-24-11-6-12-25-43)59(3)33-17-30-51(59)45-28-16-27-44(45)40-22-15-23-41(34-40)57-61-55(38-18-7-4-8-19-38)60-56(62-57)39-20-9-5-10-21-39/h4-29,31-37H,30H2,1-3H3/b51-45-. The highest BCUT2D eigenvalue weighted by Crippen LogP contribution is 2.52. The number of fused-ring (bicyclic) bond motifs is 6. The summed E-state index contributed by atoms with van der Waals surface area (Å²) in [5.41, 5.74) is 17.9. The molecule has 0 aliphatic heterocycles. The van der Waals surface area contributed by atoms with Crippen LogP contribution < -0.4 is 0 Å². The highest BCUT2D eigenvalue weighted by atomic mass is 15.0. The molecule has 1 unspecified atom stereocenters. The molecular weight excluding hydrogens is 765 g/mol. The molecule has 300 valence electrons. The zero-order valence-electron chi connectivity index (χ0n) is 35.5. The summed E-state index contributed by atoms with van der Waals surface area (Å²) < 4.78 is 2.46. The fraction of sp³-hybridized carbons (Fsp3) is 0.102. The predicted octanol–water partition coefficient (Wildman–Crippen LogP) is 14.4. The summed E-state index contributed by atoms with van der Waals surface area (Å²) in [5.74, 6) is 1.96. The van der Waals surface area contributed by atoms with Gasteiger partial charge in [0, 0.05) is 44.0 Å². The minimum atomic E-state index is -0.315. The number of para-hydroxylation sites is 1. The zero-order chi connectivity index (χ0) is 42.3. The van der Waals surface area contributed by atoms with Crippen LogP contribution in [-0.4, -0.2) is 19.5 Å². The number of nitrogens with zero attached hydrogens (tertiary/aromatic N) is 4. The van der Waals surface area contributed by atoms with E-state index in [9.17, 15) is 0 Å². The van der Waals surface area contributed by atoms with Crippen molar-refractivity contribution >= 4 is 27.4 Å². The van der Waals surface area contributed by atoms with E-state index in [4.69, 9.17) is 15.0 Å². The van der Waals surface area contributed by atoms with Gasteiger partial charge in [-0.15, -0.1) is 0 Å². The average molecular weight is 809 g/mol. The summed E-state index contributed by atoms with van der Waals surface area (Å²) in [4.78, 5) is 15.0. The quantitative estimate of drug-likeness (QED) is 0.157. The Kier molecular flexibility index (Phi) is 8.35. The van der Waals surface area contributed by atoms with Gasteiger partial charge in [-0.2, -0.15) is 0 Å². The molecule has 2 heterocycles. The first kappa shape index (κ1) is 37.1. The smallest absolute Gasteiger partial charge is 0.164 e. The maximum atomic E-state index is 5.05. The van der Waals surface area contributed by atoms with E-state index in [1.54, 1.807) is 0 Å². The Balaban J connectivity index is 0.974. The van der Waals surface area contributed by atoms with Crippen LogP contribution in [0.3, 0.4) is 0 Å². The van der Waals surface area contributed by atoms with Gasteiger partial charge in [-0.1, -0.05) is 172 Å². The number of benzene rings is 7. The number of aromatic nitrogens is 4. The van der Waals surface area contributed by atoms with Gasteiger partial charge >= 0.3 is 0 Å². The van der Waals surface area contributed by atoms with Crippen molar-refractivity contribution in [1.29, 1.82) is 0 Å². The van der Waals surface area contributed by atoms with E-state index in [-0.39, 0.29) is 10.8 Å². The SMILES string of the molecule is CC1(c2ccc3c(c2)c2cc4c(cc2n3-c2ccccc2)C(C)(C)c2ccccc2-4)C=CC/C1=C1\C=CC=C1c1cccc(-c2nc(-c3ccccc3)nc(-c3ccccc3)n2)c1. The molecule has 7 aromatic carbocycles. The van der Waals surface area contributed by atoms with Gasteiger partial charge in [-0.3, -0.25) is 0 Å². The van der Waals surface area contributed by atoms with E-state index in [2.05, 4.69) is 189 Å². The van der Waals surface area contributed by atoms with Crippen LogP contribution >= 0.6 is 0 Å². The summed E-state index contributed by atoms with van der Waals surface area (Å²) in [6, 6.07) is 60.9. The van der Waals surface area contributed by atoms with Gasteiger partial charge in [-0.25, -0.2) is 15.0 Å². The number of hydrogen-bond acceptors (Lipinski definition) is 3. The molecule has 0 fully saturated rings. The first-order valence-electron chi connectivity index (χ1n) is 21.9. The summed E-state index contributed by atoms with van der Waals surface area (Å²) in [6.07, 6.45) is 12.4. The lowest BCUT2D eigenvalue weighted by Crippen LogP contribution is -2.20. The van der Waals surface area contributed by atoms with E-state index < -0.39 is 0 Å². The van der Waals surface area contributed by atoms with E-state index in [1.807, 2.05) is 36.4 Å². The largest absolute Gasteiger partial charge is 0.309 e. The Bertz CT molecular complexity index is 3380. The third-order valence-electron chi connectivity index (χ3n) is 13.8. The normalized spacial score (nSPS) is 18.3. The van der Waals surface area contributed by atoms with Gasteiger partial charge in [0.2, 0.25) is 0 Å². The molecule has 1 atom stereocenters. The molecule has 0 spiro atoms. The van der Waals surface area contributed by atoms with Gasteiger partial charge < -0.3 is 4.57 Å². The van der Waals surface area contributed by atoms with Crippen molar-refractivity contribution in [3.63, 3.8) is 0 Å². The molecule has 0 amide bonds. The van der Waals surface area contributed by atoms with E-state index in [1.165, 1.54) is 72.0 Å². The van der Waals surface area contributed by atoms with Gasteiger partial charge in [0.1, 0.15) is 0 Å². The average Bonchev–Trinajstić information content (AvgIpc) is 4.11. The van der Waals surface area contributed by atoms with Crippen LogP contribution in [0.4, 0.5) is 0 Å². The second kappa shape index (κ2) is 14.2. The molecule has 2 aromatic heterocycles. The summed E-state index contributed by atoms with van der Waals surface area (Å²) in [5, 5.41) is 2.55. The number of hydrogen-bond donors (Lipinski definition) is 0. The van der Waals surface area contributed by atoms with Crippen LogP contribution in [-0.2, 0) is 10.8 Å². The summed E-state index contributed by atoms with van der Waals surface area (Å²) in [7, 11) is 0. The van der Waals surface area contributed by atoms with Crippen molar-refractivity contribution in [2.24, 2.45) is 0 Å². The van der Waals surface area contributed by atoms with Gasteiger partial charge in [0.05, 0.1) is 11.0 Å². The van der Waals surface area contributed by atoms with Gasteiger partial charge in [-0.05, 0) is 106 Å². The molecule has 9 aromatic rings. The monoisotopic (exact) mass is 808 g/mol. The van der Waals surface area contributed by atoms with E-state index in [0.29, 0.717) is 17.5 Å². The molecule has 0 saturated carbocycles. The van der Waals surface area contributed by atoms with Crippen LogP contribution in [0.25, 0.3) is 78.4 Å². The minimum Gasteiger partial charge on any atom is -0.309 e. The Morgan fingerprint density at radius 1 is 0.508 bits per heavy atom. The van der Waals surface area contributed by atoms with Crippen molar-refractivity contribution in [3.8, 4) is 51.0 Å². The molecule has 4 heteroatoms. The van der Waals surface area contributed by atoms with Crippen molar-refractivity contribution in [3.05, 3.63) is 234 Å². The Hall–Kier alpha value is -7.69. The van der Waals surface area contributed by atoms with Crippen molar-refractivity contribution in [2.45, 2.75) is 38.0 Å². The molecule has 0 saturated heterocycles. The summed E-state index contributed by atoms with van der Waals surface area (Å²) >= 11 is 0. The first-order chi connectivity index (χ1) is 30.8. The third kappa shape index (κ3) is 5.86. The molecule has 0 N–H and O–H groups in total. The van der Waals surface area contributed by atoms with Crippen LogP contribution in [0.15, 0.2) is 211 Å². The second-order valence-electron chi connectivity index (χ2n) is 17.7. The topological polar surface area (TPSA) is 43.6 Å². The van der Waals surface area contributed by atoms with Gasteiger partial charge in [0.15, 0.2) is 17.5 Å². The fourth-order valence-electron chi connectivity index (χ4n) is 10.5. The van der Waals surface area contributed by atoms with Crippen LogP contribution in [0.1, 0.15) is 49.4 Å². The maximum absolute atomic E-state index is 5.05. The second-order valence-corrected chi connectivity index (χ2v) is 17.7. The van der Waals surface area contributed by atoms with Crippen molar-refractivity contribution < 1.29 is 0 Å². The molecule has 3 aliphatic carbocycles. The van der Waals surface area contributed by atoms with Crippen molar-refractivity contribution in [2.75, 3.05) is 0 Å².